The number of benzene rings is 1. The molecule has 1 aliphatic carbocycles. The smallest absolute Gasteiger partial charge is 0.253 e. The van der Waals surface area contributed by atoms with Crippen molar-refractivity contribution in [1.82, 2.24) is 14.8 Å². The lowest BCUT2D eigenvalue weighted by molar-refractivity contribution is -0.121. The number of rotatable bonds is 8. The van der Waals surface area contributed by atoms with Gasteiger partial charge in [-0.3, -0.25) is 9.59 Å². The number of aromatic nitrogens is 1. The van der Waals surface area contributed by atoms with Crippen LogP contribution < -0.4 is 4.90 Å². The molecule has 1 N–H and O–H groups in total. The highest BCUT2D eigenvalue weighted by Crippen LogP contribution is 2.32. The minimum Gasteiger partial charge on any atom is -0.393 e. The highest BCUT2D eigenvalue weighted by Gasteiger charge is 2.27. The Morgan fingerprint density at radius 2 is 1.86 bits per heavy atom. The van der Waals surface area contributed by atoms with Crippen molar-refractivity contribution in [2.45, 2.75) is 57.1 Å². The normalized spacial score (nSPS) is 22.2. The predicted octanol–water partition coefficient (Wildman–Crippen LogP) is 4.47. The Morgan fingerprint density at radius 1 is 1.14 bits per heavy atom. The van der Waals surface area contributed by atoms with Gasteiger partial charge in [0.15, 0.2) is 0 Å². The van der Waals surface area contributed by atoms with Crippen molar-refractivity contribution < 1.29 is 14.7 Å². The molecule has 1 saturated carbocycles. The van der Waals surface area contributed by atoms with Crippen LogP contribution in [-0.2, 0) is 4.79 Å². The summed E-state index contributed by atoms with van der Waals surface area (Å²) in [5, 5.41) is 10.4. The Bertz CT molecular complexity index is 1040. The molecule has 0 bridgehead atoms. The van der Waals surface area contributed by atoms with Gasteiger partial charge in [-0.05, 0) is 74.6 Å². The van der Waals surface area contributed by atoms with Crippen molar-refractivity contribution in [1.29, 1.82) is 0 Å². The average molecular weight is 513 g/mol. The maximum Gasteiger partial charge on any atom is 0.253 e. The summed E-state index contributed by atoms with van der Waals surface area (Å²) in [5.74, 6) is 1.26. The van der Waals surface area contributed by atoms with Crippen LogP contribution in [0.4, 0.5) is 5.82 Å². The van der Waals surface area contributed by atoms with Crippen LogP contribution in [0.3, 0.4) is 0 Å². The first-order valence-electron chi connectivity index (χ1n) is 13.0. The number of aliphatic hydroxyl groups excluding tert-OH is 1. The van der Waals surface area contributed by atoms with Gasteiger partial charge in [-0.1, -0.05) is 23.7 Å². The van der Waals surface area contributed by atoms with E-state index < -0.39 is 0 Å². The molecule has 0 radical (unpaired) electrons. The summed E-state index contributed by atoms with van der Waals surface area (Å²) in [4.78, 5) is 34.4. The van der Waals surface area contributed by atoms with Crippen molar-refractivity contribution >= 4 is 29.7 Å². The first-order chi connectivity index (χ1) is 17.4. The fraction of sp³-hybridized carbons (Fsp3) is 0.536. The number of aliphatic hydroxyl groups is 1. The van der Waals surface area contributed by atoms with E-state index in [1.807, 2.05) is 41.4 Å². The third-order valence-electron chi connectivity index (χ3n) is 7.58. The van der Waals surface area contributed by atoms with Crippen LogP contribution in [0.5, 0.6) is 0 Å². The summed E-state index contributed by atoms with van der Waals surface area (Å²) in [6.45, 7) is 2.56. The molecule has 36 heavy (non-hydrogen) atoms. The zero-order valence-electron chi connectivity index (χ0n) is 21.3. The van der Waals surface area contributed by atoms with Gasteiger partial charge < -0.3 is 19.8 Å². The van der Waals surface area contributed by atoms with Gasteiger partial charge in [0.05, 0.1) is 11.1 Å². The van der Waals surface area contributed by atoms with Gasteiger partial charge in [-0.2, -0.15) is 0 Å². The first kappa shape index (κ1) is 26.4. The summed E-state index contributed by atoms with van der Waals surface area (Å²) in [7, 11) is 3.48. The molecule has 1 aromatic heterocycles. The molecule has 8 heteroatoms. The van der Waals surface area contributed by atoms with Crippen molar-refractivity contribution in [3.8, 4) is 11.1 Å². The Balaban J connectivity index is 1.36. The fourth-order valence-corrected chi connectivity index (χ4v) is 5.71. The van der Waals surface area contributed by atoms with Gasteiger partial charge in [0.2, 0.25) is 6.41 Å². The molecule has 4 rings (SSSR count). The third kappa shape index (κ3) is 6.37. The second kappa shape index (κ2) is 12.1. The minimum atomic E-state index is -0.211. The van der Waals surface area contributed by atoms with Crippen molar-refractivity contribution in [2.24, 2.45) is 5.92 Å². The van der Waals surface area contributed by atoms with Crippen LogP contribution in [0.15, 0.2) is 36.5 Å². The second-order valence-corrected chi connectivity index (χ2v) is 10.8. The summed E-state index contributed by atoms with van der Waals surface area (Å²) in [6.07, 6.45) is 9.13. The third-order valence-corrected chi connectivity index (χ3v) is 7.86. The van der Waals surface area contributed by atoms with E-state index in [9.17, 15) is 14.7 Å². The number of hydrogen-bond acceptors (Lipinski definition) is 5. The zero-order valence-corrected chi connectivity index (χ0v) is 22.0. The van der Waals surface area contributed by atoms with Crippen LogP contribution in [0.2, 0.25) is 5.02 Å². The van der Waals surface area contributed by atoms with E-state index in [4.69, 9.17) is 16.6 Å². The van der Waals surface area contributed by atoms with Crippen molar-refractivity contribution in [3.05, 3.63) is 47.1 Å². The Kier molecular flexibility index (Phi) is 8.86. The molecule has 1 unspecified atom stereocenters. The summed E-state index contributed by atoms with van der Waals surface area (Å²) in [5.41, 5.74) is 2.53. The molecule has 7 nitrogen and oxygen atoms in total. The van der Waals surface area contributed by atoms with Crippen LogP contribution in [-0.4, -0.2) is 78.1 Å². The van der Waals surface area contributed by atoms with E-state index in [1.54, 1.807) is 19.0 Å². The number of anilines is 1. The lowest BCUT2D eigenvalue weighted by atomic mass is 9.91. The topological polar surface area (TPSA) is 77.0 Å². The summed E-state index contributed by atoms with van der Waals surface area (Å²) < 4.78 is 0. The Labute approximate surface area is 219 Å². The number of carbonyl (C=O) groups excluding carboxylic acids is 2. The molecule has 2 aliphatic rings. The predicted molar refractivity (Wildman–Crippen MR) is 143 cm³/mol. The van der Waals surface area contributed by atoms with Crippen LogP contribution in [0.25, 0.3) is 11.1 Å². The average Bonchev–Trinajstić information content (AvgIpc) is 2.89. The molecule has 1 saturated heterocycles. The Hall–Kier alpha value is -2.64. The molecular weight excluding hydrogens is 476 g/mol. The minimum absolute atomic E-state index is 0.0264. The van der Waals surface area contributed by atoms with Crippen molar-refractivity contribution in [2.75, 3.05) is 38.6 Å². The van der Waals surface area contributed by atoms with E-state index in [2.05, 4.69) is 4.90 Å². The quantitative estimate of drug-likeness (QED) is 0.528. The van der Waals surface area contributed by atoms with Crippen LogP contribution in [0.1, 0.15) is 55.3 Å². The van der Waals surface area contributed by atoms with Gasteiger partial charge in [-0.25, -0.2) is 4.98 Å². The monoisotopic (exact) mass is 512 g/mol. The molecule has 2 fully saturated rings. The van der Waals surface area contributed by atoms with Gasteiger partial charge >= 0.3 is 0 Å². The van der Waals surface area contributed by atoms with E-state index in [0.29, 0.717) is 16.5 Å². The highest BCUT2D eigenvalue weighted by atomic mass is 35.5. The Morgan fingerprint density at radius 3 is 2.50 bits per heavy atom. The number of hydrogen-bond donors (Lipinski definition) is 1. The van der Waals surface area contributed by atoms with Gasteiger partial charge in [0.1, 0.15) is 5.82 Å². The largest absolute Gasteiger partial charge is 0.393 e. The molecule has 2 heterocycles. The SMILES string of the molecule is CN(C)C(=O)c1ccc(-c2cnc(N3CCCC(CCN(C=O)C4CCC(O)CC4)C3)c(Cl)c2)cc1. The molecule has 1 aromatic carbocycles. The maximum absolute atomic E-state index is 12.1. The van der Waals surface area contributed by atoms with Crippen molar-refractivity contribution in [3.63, 3.8) is 0 Å². The number of carbonyl (C=O) groups is 2. The maximum atomic E-state index is 12.1. The number of pyridine rings is 1. The molecule has 1 atom stereocenters. The lowest BCUT2D eigenvalue weighted by Crippen LogP contribution is -2.41. The molecule has 0 spiro atoms. The number of nitrogens with zero attached hydrogens (tertiary/aromatic N) is 4. The van der Waals surface area contributed by atoms with E-state index in [0.717, 1.165) is 87.9 Å². The number of piperidine rings is 1. The van der Waals surface area contributed by atoms with E-state index >= 15 is 0 Å². The molecular formula is C28H37ClN4O3. The molecule has 2 amide bonds. The standard InChI is InChI=1S/C28H37ClN4O3/c1-31(2)28(36)22-7-5-21(6-8-22)23-16-26(29)27(30-17-23)32-14-3-4-20(18-32)13-15-33(19-34)24-9-11-25(35)12-10-24/h5-8,16-17,19-20,24-25,35H,3-4,9-15,18H2,1-2H3. The zero-order chi connectivity index (χ0) is 25.7. The molecule has 194 valence electrons. The number of halogens is 1. The van der Waals surface area contributed by atoms with Gasteiger partial charge in [0, 0.05) is 57.1 Å². The summed E-state index contributed by atoms with van der Waals surface area (Å²) >= 11 is 6.71. The number of amides is 2. The van der Waals surface area contributed by atoms with E-state index in [-0.39, 0.29) is 18.1 Å². The summed E-state index contributed by atoms with van der Waals surface area (Å²) in [6, 6.07) is 9.70. The fourth-order valence-electron chi connectivity index (χ4n) is 5.42. The first-order valence-corrected chi connectivity index (χ1v) is 13.3. The van der Waals surface area contributed by atoms with Gasteiger partial charge in [0.25, 0.3) is 5.91 Å². The van der Waals surface area contributed by atoms with E-state index in [1.165, 1.54) is 0 Å². The lowest BCUT2D eigenvalue weighted by Gasteiger charge is -2.37. The van der Waals surface area contributed by atoms with Crippen LogP contribution >= 0.6 is 11.6 Å². The molecule has 2 aromatic rings. The van der Waals surface area contributed by atoms with Crippen LogP contribution in [0, 0.1) is 5.92 Å². The second-order valence-electron chi connectivity index (χ2n) is 10.4. The van der Waals surface area contributed by atoms with Gasteiger partial charge in [-0.15, -0.1) is 0 Å². The molecule has 1 aliphatic heterocycles. The highest BCUT2D eigenvalue weighted by molar-refractivity contribution is 6.33.